The zero-order chi connectivity index (χ0) is 11.4. The van der Waals surface area contributed by atoms with Gasteiger partial charge in [0.2, 0.25) is 0 Å². The van der Waals surface area contributed by atoms with E-state index in [0.717, 1.165) is 6.42 Å². The lowest BCUT2D eigenvalue weighted by Crippen LogP contribution is -2.47. The minimum absolute atomic E-state index is 0.00516. The number of carbonyl (C=O) groups excluding carboxylic acids is 1. The van der Waals surface area contributed by atoms with Gasteiger partial charge < -0.3 is 20.1 Å². The molecule has 1 rings (SSSR count). The summed E-state index contributed by atoms with van der Waals surface area (Å²) in [4.78, 5) is 23.2. The van der Waals surface area contributed by atoms with Gasteiger partial charge in [-0.25, -0.2) is 4.79 Å². The summed E-state index contributed by atoms with van der Waals surface area (Å²) in [5, 5.41) is 10.7. The number of hydrogen-bond donors (Lipinski definition) is 2. The number of amides is 2. The van der Waals surface area contributed by atoms with Crippen molar-refractivity contribution in [2.45, 2.75) is 25.5 Å². The van der Waals surface area contributed by atoms with Crippen molar-refractivity contribution in [1.29, 1.82) is 0 Å². The average molecular weight is 216 g/mol. The Morgan fingerprint density at radius 2 is 2.27 bits per heavy atom. The SMILES string of the molecule is CC1OCCC1N(C)C(=O)NCC(=O)O. The van der Waals surface area contributed by atoms with E-state index in [1.165, 1.54) is 4.90 Å². The molecule has 0 aromatic rings. The monoisotopic (exact) mass is 216 g/mol. The Bertz CT molecular complexity index is 256. The van der Waals surface area contributed by atoms with Crippen LogP contribution in [0, 0.1) is 0 Å². The predicted octanol–water partition coefficient (Wildman–Crippen LogP) is -0.110. The molecule has 6 nitrogen and oxygen atoms in total. The molecule has 1 fully saturated rings. The van der Waals surface area contributed by atoms with E-state index in [1.807, 2.05) is 6.92 Å². The molecule has 0 saturated carbocycles. The molecule has 0 bridgehead atoms. The molecule has 2 atom stereocenters. The lowest BCUT2D eigenvalue weighted by molar-refractivity contribution is -0.135. The van der Waals surface area contributed by atoms with Gasteiger partial charge >= 0.3 is 12.0 Å². The fourth-order valence-electron chi connectivity index (χ4n) is 1.66. The molecule has 0 spiro atoms. The normalized spacial score (nSPS) is 24.9. The standard InChI is InChI=1S/C9H16N2O4/c1-6-7(3-4-15-6)11(2)9(14)10-5-8(12)13/h6-7H,3-5H2,1-2H3,(H,10,14)(H,12,13). The van der Waals surface area contributed by atoms with E-state index in [2.05, 4.69) is 5.32 Å². The first kappa shape index (κ1) is 11.8. The Labute approximate surface area is 88.2 Å². The molecule has 1 aliphatic heterocycles. The third-order valence-electron chi connectivity index (χ3n) is 2.54. The van der Waals surface area contributed by atoms with E-state index in [4.69, 9.17) is 9.84 Å². The van der Waals surface area contributed by atoms with Crippen molar-refractivity contribution in [2.75, 3.05) is 20.2 Å². The molecular weight excluding hydrogens is 200 g/mol. The molecule has 2 N–H and O–H groups in total. The van der Waals surface area contributed by atoms with Gasteiger partial charge in [0, 0.05) is 13.7 Å². The van der Waals surface area contributed by atoms with Crippen molar-refractivity contribution in [2.24, 2.45) is 0 Å². The minimum Gasteiger partial charge on any atom is -0.480 e. The van der Waals surface area contributed by atoms with Crippen LogP contribution in [0.4, 0.5) is 4.79 Å². The van der Waals surface area contributed by atoms with Gasteiger partial charge in [-0.05, 0) is 13.3 Å². The minimum atomic E-state index is -1.05. The van der Waals surface area contributed by atoms with Crippen LogP contribution in [-0.4, -0.2) is 54.4 Å². The van der Waals surface area contributed by atoms with Gasteiger partial charge in [-0.3, -0.25) is 4.79 Å². The van der Waals surface area contributed by atoms with Gasteiger partial charge in [0.15, 0.2) is 0 Å². The first-order chi connectivity index (χ1) is 7.02. The number of rotatable bonds is 3. The second kappa shape index (κ2) is 4.97. The van der Waals surface area contributed by atoms with Crippen LogP contribution >= 0.6 is 0 Å². The Morgan fingerprint density at radius 1 is 1.60 bits per heavy atom. The van der Waals surface area contributed by atoms with Crippen molar-refractivity contribution in [1.82, 2.24) is 10.2 Å². The molecular formula is C9H16N2O4. The van der Waals surface area contributed by atoms with E-state index in [-0.39, 0.29) is 24.7 Å². The van der Waals surface area contributed by atoms with Crippen molar-refractivity contribution >= 4 is 12.0 Å². The summed E-state index contributed by atoms with van der Waals surface area (Å²) < 4.78 is 5.32. The van der Waals surface area contributed by atoms with Crippen molar-refractivity contribution in [3.05, 3.63) is 0 Å². The summed E-state index contributed by atoms with van der Waals surface area (Å²) in [6.45, 7) is 2.19. The molecule has 0 aliphatic carbocycles. The topological polar surface area (TPSA) is 78.9 Å². The van der Waals surface area contributed by atoms with Gasteiger partial charge in [0.05, 0.1) is 12.1 Å². The molecule has 1 saturated heterocycles. The maximum Gasteiger partial charge on any atom is 0.323 e. The molecule has 0 radical (unpaired) electrons. The zero-order valence-electron chi connectivity index (χ0n) is 8.90. The van der Waals surface area contributed by atoms with E-state index < -0.39 is 5.97 Å². The highest BCUT2D eigenvalue weighted by molar-refractivity contribution is 5.80. The molecule has 0 aromatic heterocycles. The van der Waals surface area contributed by atoms with E-state index in [1.54, 1.807) is 7.05 Å². The lowest BCUT2D eigenvalue weighted by Gasteiger charge is -2.26. The zero-order valence-corrected chi connectivity index (χ0v) is 8.90. The molecule has 2 unspecified atom stereocenters. The number of likely N-dealkylation sites (N-methyl/N-ethyl adjacent to an activating group) is 1. The number of nitrogens with one attached hydrogen (secondary N) is 1. The Hall–Kier alpha value is -1.30. The van der Waals surface area contributed by atoms with Crippen LogP contribution < -0.4 is 5.32 Å². The van der Waals surface area contributed by atoms with Gasteiger partial charge in [0.1, 0.15) is 6.54 Å². The van der Waals surface area contributed by atoms with Crippen LogP contribution in [0.3, 0.4) is 0 Å². The summed E-state index contributed by atoms with van der Waals surface area (Å²) in [6, 6.07) is -0.349. The summed E-state index contributed by atoms with van der Waals surface area (Å²) in [7, 11) is 1.65. The summed E-state index contributed by atoms with van der Waals surface area (Å²) >= 11 is 0. The Balaban J connectivity index is 2.41. The van der Waals surface area contributed by atoms with E-state index in [0.29, 0.717) is 6.61 Å². The quantitative estimate of drug-likeness (QED) is 0.690. The number of ether oxygens (including phenoxy) is 1. The van der Waals surface area contributed by atoms with Gasteiger partial charge in [-0.2, -0.15) is 0 Å². The highest BCUT2D eigenvalue weighted by Crippen LogP contribution is 2.17. The van der Waals surface area contributed by atoms with Gasteiger partial charge in [-0.1, -0.05) is 0 Å². The van der Waals surface area contributed by atoms with Crippen LogP contribution in [0.15, 0.2) is 0 Å². The fraction of sp³-hybridized carbons (Fsp3) is 0.778. The number of hydrogen-bond acceptors (Lipinski definition) is 3. The highest BCUT2D eigenvalue weighted by atomic mass is 16.5. The Kier molecular flexibility index (Phi) is 3.90. The number of carboxylic acid groups (broad SMARTS) is 1. The molecule has 15 heavy (non-hydrogen) atoms. The Morgan fingerprint density at radius 3 is 2.73 bits per heavy atom. The van der Waals surface area contributed by atoms with Crippen LogP contribution in [-0.2, 0) is 9.53 Å². The number of carbonyl (C=O) groups is 2. The van der Waals surface area contributed by atoms with E-state index >= 15 is 0 Å². The number of aliphatic carboxylic acids is 1. The van der Waals surface area contributed by atoms with Crippen LogP contribution in [0.5, 0.6) is 0 Å². The maximum atomic E-state index is 11.5. The number of carboxylic acids is 1. The largest absolute Gasteiger partial charge is 0.480 e. The molecule has 0 aromatic carbocycles. The van der Waals surface area contributed by atoms with E-state index in [9.17, 15) is 9.59 Å². The molecule has 6 heteroatoms. The molecule has 1 heterocycles. The first-order valence-corrected chi connectivity index (χ1v) is 4.86. The maximum absolute atomic E-state index is 11.5. The number of nitrogens with zero attached hydrogens (tertiary/aromatic N) is 1. The van der Waals surface area contributed by atoms with Crippen molar-refractivity contribution in [3.63, 3.8) is 0 Å². The predicted molar refractivity (Wildman–Crippen MR) is 52.6 cm³/mol. The highest BCUT2D eigenvalue weighted by Gasteiger charge is 2.30. The van der Waals surface area contributed by atoms with Crippen LogP contribution in [0.2, 0.25) is 0 Å². The smallest absolute Gasteiger partial charge is 0.323 e. The van der Waals surface area contributed by atoms with Crippen LogP contribution in [0.25, 0.3) is 0 Å². The third-order valence-corrected chi connectivity index (χ3v) is 2.54. The summed E-state index contributed by atoms with van der Waals surface area (Å²) in [5.74, 6) is -1.05. The fourth-order valence-corrected chi connectivity index (χ4v) is 1.66. The second-order valence-corrected chi connectivity index (χ2v) is 3.60. The third kappa shape index (κ3) is 3.09. The molecule has 2 amide bonds. The summed E-state index contributed by atoms with van der Waals surface area (Å²) in [6.07, 6.45) is 0.795. The summed E-state index contributed by atoms with van der Waals surface area (Å²) in [5.41, 5.74) is 0. The second-order valence-electron chi connectivity index (χ2n) is 3.60. The van der Waals surface area contributed by atoms with Crippen molar-refractivity contribution in [3.8, 4) is 0 Å². The van der Waals surface area contributed by atoms with Crippen molar-refractivity contribution < 1.29 is 19.4 Å². The molecule has 86 valence electrons. The molecule has 1 aliphatic rings. The average Bonchev–Trinajstić information content (AvgIpc) is 2.59. The van der Waals surface area contributed by atoms with Gasteiger partial charge in [-0.15, -0.1) is 0 Å². The van der Waals surface area contributed by atoms with Crippen LogP contribution in [0.1, 0.15) is 13.3 Å². The number of urea groups is 1. The van der Waals surface area contributed by atoms with Gasteiger partial charge in [0.25, 0.3) is 0 Å². The lowest BCUT2D eigenvalue weighted by atomic mass is 10.1. The first-order valence-electron chi connectivity index (χ1n) is 4.86.